The number of nitrogens with zero attached hydrogens (tertiary/aromatic N) is 2. The minimum atomic E-state index is -0.869. The lowest BCUT2D eigenvalue weighted by Crippen LogP contribution is -2.45. The molecule has 2 aliphatic rings. The van der Waals surface area contributed by atoms with Crippen molar-refractivity contribution in [1.29, 1.82) is 0 Å². The van der Waals surface area contributed by atoms with Crippen LogP contribution in [0.25, 0.3) is 0 Å². The van der Waals surface area contributed by atoms with Crippen LogP contribution in [0.15, 0.2) is 21.9 Å². The number of morpholine rings is 1. The first-order valence-electron chi connectivity index (χ1n) is 7.58. The molecule has 0 radical (unpaired) electrons. The maximum absolute atomic E-state index is 12.0. The molecule has 2 N–H and O–H groups in total. The van der Waals surface area contributed by atoms with Crippen molar-refractivity contribution in [3.63, 3.8) is 0 Å². The summed E-state index contributed by atoms with van der Waals surface area (Å²) in [6.45, 7) is 3.37. The minimum absolute atomic E-state index is 0.483. The average molecular weight is 327 g/mol. The summed E-state index contributed by atoms with van der Waals surface area (Å²) in [5.41, 5.74) is -1.08. The predicted octanol–water partition coefficient (Wildman–Crippen LogP) is -1.86. The summed E-state index contributed by atoms with van der Waals surface area (Å²) in [7, 11) is 1.46. The van der Waals surface area contributed by atoms with Gasteiger partial charge in [0.2, 0.25) is 0 Å². The highest BCUT2D eigenvalue weighted by atomic mass is 16.6. The van der Waals surface area contributed by atoms with Crippen LogP contribution < -0.4 is 11.2 Å². The molecule has 0 bridgehead atoms. The molecule has 4 atom stereocenters. The number of nitrogens with one attached hydrogen (secondary N) is 1. The van der Waals surface area contributed by atoms with E-state index in [2.05, 4.69) is 9.88 Å². The van der Waals surface area contributed by atoms with E-state index >= 15 is 0 Å². The molecule has 1 aromatic rings. The van der Waals surface area contributed by atoms with Gasteiger partial charge in [0, 0.05) is 39.0 Å². The quantitative estimate of drug-likeness (QED) is 0.668. The second kappa shape index (κ2) is 6.93. The van der Waals surface area contributed by atoms with Gasteiger partial charge in [0.1, 0.15) is 18.3 Å². The molecule has 9 heteroatoms. The number of aliphatic hydroxyl groups excluding tert-OH is 1. The van der Waals surface area contributed by atoms with Crippen LogP contribution in [-0.4, -0.2) is 77.8 Å². The maximum atomic E-state index is 12.0. The van der Waals surface area contributed by atoms with Crippen molar-refractivity contribution in [3.8, 4) is 0 Å². The van der Waals surface area contributed by atoms with Gasteiger partial charge in [0.25, 0.3) is 5.56 Å². The third-order valence-electron chi connectivity index (χ3n) is 4.25. The number of aromatic amines is 1. The topological polar surface area (TPSA) is 106 Å². The molecule has 2 aliphatic heterocycles. The van der Waals surface area contributed by atoms with E-state index in [1.54, 1.807) is 0 Å². The van der Waals surface area contributed by atoms with Crippen molar-refractivity contribution < 1.29 is 19.3 Å². The van der Waals surface area contributed by atoms with Crippen molar-refractivity contribution in [2.45, 2.75) is 24.5 Å². The van der Waals surface area contributed by atoms with E-state index in [0.29, 0.717) is 19.8 Å². The Labute approximate surface area is 132 Å². The average Bonchev–Trinajstić information content (AvgIpc) is 2.84. The molecule has 2 fully saturated rings. The van der Waals surface area contributed by atoms with Crippen LogP contribution in [0.4, 0.5) is 0 Å². The van der Waals surface area contributed by atoms with Crippen LogP contribution in [0.3, 0.4) is 0 Å². The van der Waals surface area contributed by atoms with Crippen LogP contribution in [0.2, 0.25) is 0 Å². The molecule has 0 aliphatic carbocycles. The van der Waals surface area contributed by atoms with Crippen LogP contribution in [0, 0.1) is 0 Å². The van der Waals surface area contributed by atoms with Crippen LogP contribution >= 0.6 is 0 Å². The molecule has 0 saturated carbocycles. The molecule has 0 spiro atoms. The van der Waals surface area contributed by atoms with E-state index in [1.807, 2.05) is 0 Å². The van der Waals surface area contributed by atoms with Gasteiger partial charge >= 0.3 is 5.69 Å². The first-order chi connectivity index (χ1) is 11.1. The van der Waals surface area contributed by atoms with E-state index in [0.717, 1.165) is 13.1 Å². The molecule has 9 nitrogen and oxygen atoms in total. The zero-order chi connectivity index (χ0) is 16.4. The Bertz CT molecular complexity index is 638. The molecule has 0 unspecified atom stereocenters. The summed E-state index contributed by atoms with van der Waals surface area (Å²) in [5, 5.41) is 10.5. The number of H-pyrrole nitrogens is 1. The summed E-state index contributed by atoms with van der Waals surface area (Å²) >= 11 is 0. The summed E-state index contributed by atoms with van der Waals surface area (Å²) in [6.07, 6.45) is -1.48. The zero-order valence-corrected chi connectivity index (χ0v) is 12.9. The van der Waals surface area contributed by atoms with Crippen molar-refractivity contribution in [1.82, 2.24) is 14.5 Å². The Morgan fingerprint density at radius 3 is 2.78 bits per heavy atom. The molecule has 1 aromatic heterocycles. The fraction of sp³-hybridized carbons (Fsp3) is 0.714. The molecule has 0 amide bonds. The first-order valence-corrected chi connectivity index (χ1v) is 7.58. The highest BCUT2D eigenvalue weighted by Crippen LogP contribution is 2.30. The van der Waals surface area contributed by atoms with Crippen molar-refractivity contribution >= 4 is 0 Å². The third-order valence-corrected chi connectivity index (χ3v) is 4.25. The number of hydrogen-bond donors (Lipinski definition) is 2. The SMILES string of the molecule is CO[C@@H]1[C@H](O)[C@@H](CN2CCOCC2)O[C@H]1n1ccc(=O)[nH]c1=O. The van der Waals surface area contributed by atoms with Gasteiger partial charge in [-0.15, -0.1) is 0 Å². The lowest BCUT2D eigenvalue weighted by Gasteiger charge is -2.29. The van der Waals surface area contributed by atoms with Gasteiger partial charge < -0.3 is 19.3 Å². The molecule has 0 aromatic carbocycles. The highest BCUT2D eigenvalue weighted by Gasteiger charge is 2.45. The third kappa shape index (κ3) is 3.38. The highest BCUT2D eigenvalue weighted by molar-refractivity contribution is 4.95. The summed E-state index contributed by atoms with van der Waals surface area (Å²) in [6, 6.07) is 1.24. The second-order valence-electron chi connectivity index (χ2n) is 5.69. The Kier molecular flexibility index (Phi) is 4.93. The van der Waals surface area contributed by atoms with Gasteiger partial charge in [-0.05, 0) is 0 Å². The van der Waals surface area contributed by atoms with Gasteiger partial charge in [0.05, 0.1) is 13.2 Å². The maximum Gasteiger partial charge on any atom is 0.330 e. The largest absolute Gasteiger partial charge is 0.387 e. The number of aliphatic hydroxyl groups is 1. The number of rotatable bonds is 4. The first kappa shape index (κ1) is 16.3. The van der Waals surface area contributed by atoms with Gasteiger partial charge in [-0.2, -0.15) is 0 Å². The molecule has 2 saturated heterocycles. The Morgan fingerprint density at radius 1 is 1.39 bits per heavy atom. The molecule has 3 rings (SSSR count). The van der Waals surface area contributed by atoms with E-state index in [-0.39, 0.29) is 0 Å². The Hall–Kier alpha value is -1.52. The molecule has 23 heavy (non-hydrogen) atoms. The smallest absolute Gasteiger partial charge is 0.330 e. The number of methoxy groups -OCH3 is 1. The summed E-state index contributed by atoms with van der Waals surface area (Å²) in [4.78, 5) is 27.5. The Morgan fingerprint density at radius 2 is 2.13 bits per heavy atom. The number of ether oxygens (including phenoxy) is 3. The lowest BCUT2D eigenvalue weighted by atomic mass is 10.1. The van der Waals surface area contributed by atoms with Crippen LogP contribution in [0.5, 0.6) is 0 Å². The molecular weight excluding hydrogens is 306 g/mol. The number of aromatic nitrogens is 2. The van der Waals surface area contributed by atoms with Gasteiger partial charge in [-0.25, -0.2) is 4.79 Å². The van der Waals surface area contributed by atoms with Gasteiger partial charge in [-0.3, -0.25) is 19.2 Å². The van der Waals surface area contributed by atoms with Gasteiger partial charge in [0.15, 0.2) is 6.23 Å². The van der Waals surface area contributed by atoms with Crippen LogP contribution in [-0.2, 0) is 14.2 Å². The zero-order valence-electron chi connectivity index (χ0n) is 12.9. The van der Waals surface area contributed by atoms with Crippen molar-refractivity contribution in [3.05, 3.63) is 33.1 Å². The van der Waals surface area contributed by atoms with E-state index < -0.39 is 35.8 Å². The summed E-state index contributed by atoms with van der Waals surface area (Å²) in [5.74, 6) is 0. The van der Waals surface area contributed by atoms with E-state index in [9.17, 15) is 14.7 Å². The fourth-order valence-electron chi connectivity index (χ4n) is 3.01. The van der Waals surface area contributed by atoms with Crippen molar-refractivity contribution in [2.24, 2.45) is 0 Å². The van der Waals surface area contributed by atoms with Crippen molar-refractivity contribution in [2.75, 3.05) is 40.0 Å². The normalized spacial score (nSPS) is 32.3. The molecule has 3 heterocycles. The lowest BCUT2D eigenvalue weighted by molar-refractivity contribution is -0.0641. The van der Waals surface area contributed by atoms with Crippen LogP contribution in [0.1, 0.15) is 6.23 Å². The Balaban J connectivity index is 1.78. The predicted molar refractivity (Wildman–Crippen MR) is 79.3 cm³/mol. The van der Waals surface area contributed by atoms with E-state index in [4.69, 9.17) is 14.2 Å². The monoisotopic (exact) mass is 327 g/mol. The fourth-order valence-corrected chi connectivity index (χ4v) is 3.01. The second-order valence-corrected chi connectivity index (χ2v) is 5.69. The molecule has 128 valence electrons. The number of hydrogen-bond acceptors (Lipinski definition) is 7. The standard InChI is InChI=1S/C14H21N3O6/c1-21-12-11(19)9(8-16-4-6-22-7-5-16)23-13(12)17-3-2-10(18)15-14(17)20/h2-3,9,11-13,19H,4-8H2,1H3,(H,15,18,20)/t9-,11-,12-,13-/m1/s1. The molecular formula is C14H21N3O6. The van der Waals surface area contributed by atoms with Gasteiger partial charge in [-0.1, -0.05) is 0 Å². The minimum Gasteiger partial charge on any atom is -0.387 e. The summed E-state index contributed by atoms with van der Waals surface area (Å²) < 4.78 is 17.7. The van der Waals surface area contributed by atoms with E-state index in [1.165, 1.54) is 23.9 Å².